The Balaban J connectivity index is 2.47. The number of aryl methyl sites for hydroxylation is 1. The monoisotopic (exact) mass is 188 g/mol. The number of nitrogens with zero attached hydrogens (tertiary/aromatic N) is 1. The van der Waals surface area contributed by atoms with E-state index in [1.165, 1.54) is 5.56 Å². The van der Waals surface area contributed by atoms with Crippen LogP contribution in [-0.2, 0) is 0 Å². The molecule has 0 aliphatic heterocycles. The maximum Gasteiger partial charge on any atom is 0.0457 e. The van der Waals surface area contributed by atoms with Gasteiger partial charge in [-0.1, -0.05) is 11.8 Å². The zero-order valence-corrected chi connectivity index (χ0v) is 8.59. The van der Waals surface area contributed by atoms with Gasteiger partial charge < -0.3 is 5.73 Å². The van der Waals surface area contributed by atoms with Gasteiger partial charge in [0.15, 0.2) is 0 Å². The fourth-order valence-corrected chi connectivity index (χ4v) is 1.11. The summed E-state index contributed by atoms with van der Waals surface area (Å²) in [5, 5.41) is 0. The number of hydrogen-bond acceptors (Lipinski definition) is 2. The van der Waals surface area contributed by atoms with E-state index < -0.39 is 0 Å². The van der Waals surface area contributed by atoms with Crippen molar-refractivity contribution >= 4 is 0 Å². The molecule has 1 heterocycles. The van der Waals surface area contributed by atoms with E-state index in [1.807, 2.05) is 19.2 Å². The average molecular weight is 188 g/mol. The van der Waals surface area contributed by atoms with Crippen molar-refractivity contribution in [3.05, 3.63) is 29.6 Å². The minimum atomic E-state index is 0.758. The zero-order chi connectivity index (χ0) is 10.2. The lowest BCUT2D eigenvalue weighted by Crippen LogP contribution is -1.96. The lowest BCUT2D eigenvalue weighted by molar-refractivity contribution is 0.768. The van der Waals surface area contributed by atoms with E-state index in [4.69, 9.17) is 5.73 Å². The standard InChI is InChI=1S/C12H16N2/c1-11-7-9-14-10-12(11)6-4-2-3-5-8-13/h7,9-10H,2-3,5,8,13H2,1H3. The highest BCUT2D eigenvalue weighted by Gasteiger charge is 1.90. The first-order valence-corrected chi connectivity index (χ1v) is 4.94. The van der Waals surface area contributed by atoms with Crippen molar-refractivity contribution < 1.29 is 0 Å². The van der Waals surface area contributed by atoms with Gasteiger partial charge in [-0.2, -0.15) is 0 Å². The van der Waals surface area contributed by atoms with Crippen molar-refractivity contribution in [2.75, 3.05) is 6.54 Å². The summed E-state index contributed by atoms with van der Waals surface area (Å²) in [6, 6.07) is 1.98. The van der Waals surface area contributed by atoms with Crippen LogP contribution in [0.25, 0.3) is 0 Å². The van der Waals surface area contributed by atoms with Crippen LogP contribution < -0.4 is 5.73 Å². The van der Waals surface area contributed by atoms with E-state index in [9.17, 15) is 0 Å². The van der Waals surface area contributed by atoms with Crippen molar-refractivity contribution in [1.82, 2.24) is 4.98 Å². The van der Waals surface area contributed by atoms with Crippen molar-refractivity contribution in [3.8, 4) is 11.8 Å². The minimum Gasteiger partial charge on any atom is -0.330 e. The van der Waals surface area contributed by atoms with Crippen molar-refractivity contribution in [2.45, 2.75) is 26.2 Å². The van der Waals surface area contributed by atoms with Crippen molar-refractivity contribution in [3.63, 3.8) is 0 Å². The molecule has 0 saturated heterocycles. The van der Waals surface area contributed by atoms with Gasteiger partial charge in [-0.25, -0.2) is 0 Å². The van der Waals surface area contributed by atoms with Crippen LogP contribution in [0.15, 0.2) is 18.5 Å². The third-order valence-corrected chi connectivity index (χ3v) is 2.02. The predicted octanol–water partition coefficient (Wildman–Crippen LogP) is 1.87. The first-order valence-electron chi connectivity index (χ1n) is 4.94. The summed E-state index contributed by atoms with van der Waals surface area (Å²) in [5.74, 6) is 6.25. The van der Waals surface area contributed by atoms with E-state index in [0.29, 0.717) is 0 Å². The molecule has 74 valence electrons. The summed E-state index contributed by atoms with van der Waals surface area (Å²) in [6.45, 7) is 2.80. The predicted molar refractivity (Wildman–Crippen MR) is 58.8 cm³/mol. The average Bonchev–Trinajstić information content (AvgIpc) is 2.20. The van der Waals surface area contributed by atoms with Crippen LogP contribution >= 0.6 is 0 Å². The van der Waals surface area contributed by atoms with Gasteiger partial charge in [-0.15, -0.1) is 0 Å². The molecule has 0 aliphatic carbocycles. The SMILES string of the molecule is Cc1ccncc1C#CCCCCN. The molecule has 0 amide bonds. The van der Waals surface area contributed by atoms with Gasteiger partial charge >= 0.3 is 0 Å². The van der Waals surface area contributed by atoms with E-state index in [2.05, 4.69) is 16.8 Å². The summed E-state index contributed by atoms with van der Waals surface area (Å²) in [6.07, 6.45) is 6.66. The van der Waals surface area contributed by atoms with Crippen LogP contribution in [0.1, 0.15) is 30.4 Å². The van der Waals surface area contributed by atoms with Crippen molar-refractivity contribution in [2.24, 2.45) is 5.73 Å². The highest BCUT2D eigenvalue weighted by molar-refractivity contribution is 5.37. The van der Waals surface area contributed by atoms with Crippen molar-refractivity contribution in [1.29, 1.82) is 0 Å². The fraction of sp³-hybridized carbons (Fsp3) is 0.417. The van der Waals surface area contributed by atoms with Crippen LogP contribution in [0.5, 0.6) is 0 Å². The molecule has 1 rings (SSSR count). The number of unbranched alkanes of at least 4 members (excludes halogenated alkanes) is 2. The van der Waals surface area contributed by atoms with Crippen LogP contribution in [0.2, 0.25) is 0 Å². The molecular formula is C12H16N2. The Kier molecular flexibility index (Phi) is 4.74. The topological polar surface area (TPSA) is 38.9 Å². The smallest absolute Gasteiger partial charge is 0.0457 e. The Labute approximate surface area is 85.5 Å². The molecule has 0 atom stereocenters. The largest absolute Gasteiger partial charge is 0.330 e. The molecule has 2 heteroatoms. The molecule has 0 radical (unpaired) electrons. The summed E-state index contributed by atoms with van der Waals surface area (Å²) >= 11 is 0. The Morgan fingerprint density at radius 3 is 3.00 bits per heavy atom. The maximum atomic E-state index is 5.39. The molecule has 14 heavy (non-hydrogen) atoms. The number of pyridine rings is 1. The number of aromatic nitrogens is 1. The second kappa shape index (κ2) is 6.17. The van der Waals surface area contributed by atoms with Crippen LogP contribution in [0.3, 0.4) is 0 Å². The molecule has 1 aromatic heterocycles. The molecule has 0 fully saturated rings. The Morgan fingerprint density at radius 2 is 2.29 bits per heavy atom. The van der Waals surface area contributed by atoms with Crippen LogP contribution in [0.4, 0.5) is 0 Å². The molecule has 0 saturated carbocycles. The molecule has 0 aromatic carbocycles. The van der Waals surface area contributed by atoms with Crippen LogP contribution in [-0.4, -0.2) is 11.5 Å². The zero-order valence-electron chi connectivity index (χ0n) is 8.59. The Bertz CT molecular complexity index is 334. The highest BCUT2D eigenvalue weighted by atomic mass is 14.6. The second-order valence-electron chi connectivity index (χ2n) is 3.24. The normalized spacial score (nSPS) is 9.29. The van der Waals surface area contributed by atoms with Gasteiger partial charge in [0.25, 0.3) is 0 Å². The summed E-state index contributed by atoms with van der Waals surface area (Å²) in [5.41, 5.74) is 7.60. The summed E-state index contributed by atoms with van der Waals surface area (Å²) in [4.78, 5) is 4.04. The molecule has 0 bridgehead atoms. The number of hydrogen-bond donors (Lipinski definition) is 1. The minimum absolute atomic E-state index is 0.758. The number of nitrogens with two attached hydrogens (primary N) is 1. The van der Waals surface area contributed by atoms with E-state index in [0.717, 1.165) is 31.4 Å². The summed E-state index contributed by atoms with van der Waals surface area (Å²) in [7, 11) is 0. The molecule has 0 unspecified atom stereocenters. The lowest BCUT2D eigenvalue weighted by Gasteiger charge is -1.94. The molecule has 2 N–H and O–H groups in total. The molecule has 2 nitrogen and oxygen atoms in total. The Hall–Kier alpha value is -1.33. The fourth-order valence-electron chi connectivity index (χ4n) is 1.11. The van der Waals surface area contributed by atoms with E-state index in [1.54, 1.807) is 6.20 Å². The second-order valence-corrected chi connectivity index (χ2v) is 3.24. The number of rotatable bonds is 3. The molecule has 0 spiro atoms. The first kappa shape index (κ1) is 10.7. The molecule has 0 aliphatic rings. The third kappa shape index (κ3) is 3.59. The highest BCUT2D eigenvalue weighted by Crippen LogP contribution is 2.02. The van der Waals surface area contributed by atoms with Gasteiger partial charge in [0.05, 0.1) is 0 Å². The van der Waals surface area contributed by atoms with Gasteiger partial charge in [0, 0.05) is 24.4 Å². The quantitative estimate of drug-likeness (QED) is 0.581. The first-order chi connectivity index (χ1) is 6.84. The maximum absolute atomic E-state index is 5.39. The van der Waals surface area contributed by atoms with Gasteiger partial charge in [-0.3, -0.25) is 4.98 Å². The van der Waals surface area contributed by atoms with Gasteiger partial charge in [0.2, 0.25) is 0 Å². The molecule has 1 aromatic rings. The Morgan fingerprint density at radius 1 is 1.43 bits per heavy atom. The lowest BCUT2D eigenvalue weighted by atomic mass is 10.1. The van der Waals surface area contributed by atoms with Crippen LogP contribution in [0, 0.1) is 18.8 Å². The summed E-state index contributed by atoms with van der Waals surface area (Å²) < 4.78 is 0. The van der Waals surface area contributed by atoms with E-state index >= 15 is 0 Å². The molecular weight excluding hydrogens is 172 g/mol. The third-order valence-electron chi connectivity index (χ3n) is 2.02. The van der Waals surface area contributed by atoms with E-state index in [-0.39, 0.29) is 0 Å². The van der Waals surface area contributed by atoms with Gasteiger partial charge in [-0.05, 0) is 37.9 Å². The van der Waals surface area contributed by atoms with Gasteiger partial charge in [0.1, 0.15) is 0 Å².